The summed E-state index contributed by atoms with van der Waals surface area (Å²) in [4.78, 5) is 0. The van der Waals surface area contributed by atoms with Crippen molar-refractivity contribution in [1.82, 2.24) is 0 Å². The molecule has 1 atom stereocenters. The zero-order valence-corrected chi connectivity index (χ0v) is 12.1. The van der Waals surface area contributed by atoms with Crippen LogP contribution in [0.2, 0.25) is 0 Å². The van der Waals surface area contributed by atoms with Gasteiger partial charge >= 0.3 is 0 Å². The van der Waals surface area contributed by atoms with Crippen LogP contribution in [-0.4, -0.2) is 7.11 Å². The predicted molar refractivity (Wildman–Crippen MR) is 83.5 cm³/mol. The molecule has 0 saturated heterocycles. The van der Waals surface area contributed by atoms with E-state index in [0.29, 0.717) is 6.04 Å². The molecule has 0 heterocycles. The number of methoxy groups -OCH3 is 1. The predicted octanol–water partition coefficient (Wildman–Crippen LogP) is 4.36. The van der Waals surface area contributed by atoms with Gasteiger partial charge < -0.3 is 10.1 Å². The van der Waals surface area contributed by atoms with E-state index in [0.717, 1.165) is 11.4 Å². The zero-order valence-electron chi connectivity index (χ0n) is 12.1. The number of nitrogens with one attached hydrogen (secondary N) is 1. The largest absolute Gasteiger partial charge is 0.497 e. The molecule has 0 aromatic heterocycles. The molecule has 1 N–H and O–H groups in total. The highest BCUT2D eigenvalue weighted by molar-refractivity contribution is 5.50. The van der Waals surface area contributed by atoms with E-state index in [2.05, 4.69) is 36.5 Å². The topological polar surface area (TPSA) is 21.3 Å². The van der Waals surface area contributed by atoms with Crippen molar-refractivity contribution in [3.05, 3.63) is 59.2 Å². The minimum atomic E-state index is 0.299. The SMILES string of the molecule is COc1cccc(NC(C)c2ccc3c(c2)CCC3)c1. The van der Waals surface area contributed by atoms with E-state index in [1.807, 2.05) is 18.2 Å². The molecular formula is C18H21NO. The van der Waals surface area contributed by atoms with Gasteiger partial charge in [0, 0.05) is 17.8 Å². The molecule has 0 spiro atoms. The Morgan fingerprint density at radius 3 is 2.75 bits per heavy atom. The maximum absolute atomic E-state index is 5.26. The first-order chi connectivity index (χ1) is 9.76. The Balaban J connectivity index is 1.77. The molecule has 1 unspecified atom stereocenters. The maximum Gasteiger partial charge on any atom is 0.120 e. The Morgan fingerprint density at radius 1 is 1.05 bits per heavy atom. The number of rotatable bonds is 4. The highest BCUT2D eigenvalue weighted by atomic mass is 16.5. The van der Waals surface area contributed by atoms with Gasteiger partial charge in [0.15, 0.2) is 0 Å². The average Bonchev–Trinajstić information content (AvgIpc) is 2.94. The smallest absolute Gasteiger partial charge is 0.120 e. The van der Waals surface area contributed by atoms with Crippen molar-refractivity contribution in [2.24, 2.45) is 0 Å². The third-order valence-electron chi connectivity index (χ3n) is 4.08. The van der Waals surface area contributed by atoms with E-state index in [4.69, 9.17) is 4.74 Å². The van der Waals surface area contributed by atoms with Crippen LogP contribution >= 0.6 is 0 Å². The molecule has 0 saturated carbocycles. The molecule has 2 aromatic rings. The van der Waals surface area contributed by atoms with Gasteiger partial charge in [-0.1, -0.05) is 24.3 Å². The van der Waals surface area contributed by atoms with E-state index in [1.54, 1.807) is 7.11 Å². The first-order valence-corrected chi connectivity index (χ1v) is 7.28. The molecule has 1 aliphatic rings. The van der Waals surface area contributed by atoms with Gasteiger partial charge in [0.25, 0.3) is 0 Å². The van der Waals surface area contributed by atoms with Gasteiger partial charge in [-0.3, -0.25) is 0 Å². The molecule has 20 heavy (non-hydrogen) atoms. The average molecular weight is 267 g/mol. The molecule has 0 aliphatic heterocycles. The quantitative estimate of drug-likeness (QED) is 0.888. The number of anilines is 1. The summed E-state index contributed by atoms with van der Waals surface area (Å²) in [6, 6.07) is 15.3. The molecule has 3 rings (SSSR count). The van der Waals surface area contributed by atoms with Crippen molar-refractivity contribution < 1.29 is 4.74 Å². The van der Waals surface area contributed by atoms with Gasteiger partial charge in [-0.2, -0.15) is 0 Å². The lowest BCUT2D eigenvalue weighted by atomic mass is 10.0. The van der Waals surface area contributed by atoms with E-state index < -0.39 is 0 Å². The maximum atomic E-state index is 5.26. The Morgan fingerprint density at radius 2 is 1.90 bits per heavy atom. The van der Waals surface area contributed by atoms with Gasteiger partial charge in [0.2, 0.25) is 0 Å². The van der Waals surface area contributed by atoms with Crippen LogP contribution in [0.3, 0.4) is 0 Å². The van der Waals surface area contributed by atoms with Crippen LogP contribution in [0.4, 0.5) is 5.69 Å². The lowest BCUT2D eigenvalue weighted by Gasteiger charge is -2.17. The van der Waals surface area contributed by atoms with Gasteiger partial charge in [-0.15, -0.1) is 0 Å². The highest BCUT2D eigenvalue weighted by Crippen LogP contribution is 2.27. The number of aryl methyl sites for hydroxylation is 2. The minimum Gasteiger partial charge on any atom is -0.497 e. The molecule has 0 radical (unpaired) electrons. The van der Waals surface area contributed by atoms with E-state index in [1.165, 1.54) is 36.0 Å². The van der Waals surface area contributed by atoms with Crippen molar-refractivity contribution in [3.63, 3.8) is 0 Å². The molecule has 2 nitrogen and oxygen atoms in total. The van der Waals surface area contributed by atoms with Crippen LogP contribution in [0.25, 0.3) is 0 Å². The summed E-state index contributed by atoms with van der Waals surface area (Å²) >= 11 is 0. The molecule has 0 bridgehead atoms. The fraction of sp³-hybridized carbons (Fsp3) is 0.333. The van der Waals surface area contributed by atoms with E-state index >= 15 is 0 Å². The van der Waals surface area contributed by atoms with Crippen molar-refractivity contribution in [1.29, 1.82) is 0 Å². The van der Waals surface area contributed by atoms with Gasteiger partial charge in [0.1, 0.15) is 5.75 Å². The highest BCUT2D eigenvalue weighted by Gasteiger charge is 2.13. The third-order valence-corrected chi connectivity index (χ3v) is 4.08. The van der Waals surface area contributed by atoms with Crippen LogP contribution in [0.5, 0.6) is 5.75 Å². The minimum absolute atomic E-state index is 0.299. The summed E-state index contributed by atoms with van der Waals surface area (Å²) in [6.07, 6.45) is 3.78. The number of hydrogen-bond acceptors (Lipinski definition) is 2. The first-order valence-electron chi connectivity index (χ1n) is 7.28. The summed E-state index contributed by atoms with van der Waals surface area (Å²) in [6.45, 7) is 2.20. The van der Waals surface area contributed by atoms with Crippen molar-refractivity contribution in [3.8, 4) is 5.75 Å². The van der Waals surface area contributed by atoms with Gasteiger partial charge in [-0.05, 0) is 55.0 Å². The normalized spacial score (nSPS) is 14.7. The van der Waals surface area contributed by atoms with Crippen LogP contribution in [0, 0.1) is 0 Å². The molecule has 1 aliphatic carbocycles. The second-order valence-corrected chi connectivity index (χ2v) is 5.48. The third kappa shape index (κ3) is 2.64. The van der Waals surface area contributed by atoms with Crippen molar-refractivity contribution in [2.75, 3.05) is 12.4 Å². The Bertz CT molecular complexity index is 606. The first kappa shape index (κ1) is 13.0. The fourth-order valence-electron chi connectivity index (χ4n) is 2.91. The molecule has 2 heteroatoms. The fourth-order valence-corrected chi connectivity index (χ4v) is 2.91. The Hall–Kier alpha value is -1.96. The Labute approximate surface area is 120 Å². The summed E-state index contributed by atoms with van der Waals surface area (Å²) in [5, 5.41) is 3.54. The summed E-state index contributed by atoms with van der Waals surface area (Å²) < 4.78 is 5.26. The van der Waals surface area contributed by atoms with Crippen LogP contribution < -0.4 is 10.1 Å². The Kier molecular flexibility index (Phi) is 3.64. The number of fused-ring (bicyclic) bond motifs is 1. The van der Waals surface area contributed by atoms with Crippen LogP contribution in [0.1, 0.15) is 36.1 Å². The molecule has 2 aromatic carbocycles. The zero-order chi connectivity index (χ0) is 13.9. The van der Waals surface area contributed by atoms with Crippen molar-refractivity contribution in [2.45, 2.75) is 32.2 Å². The summed E-state index contributed by atoms with van der Waals surface area (Å²) in [5.41, 5.74) is 5.51. The lowest BCUT2D eigenvalue weighted by Crippen LogP contribution is -2.07. The number of hydrogen-bond donors (Lipinski definition) is 1. The standard InChI is InChI=1S/C18H21NO/c1-13(19-17-7-4-8-18(12-17)20-2)15-10-9-14-5-3-6-16(14)11-15/h4,7-13,19H,3,5-6H2,1-2H3. The van der Waals surface area contributed by atoms with E-state index in [-0.39, 0.29) is 0 Å². The van der Waals surface area contributed by atoms with Gasteiger partial charge in [-0.25, -0.2) is 0 Å². The summed E-state index contributed by atoms with van der Waals surface area (Å²) in [5.74, 6) is 0.885. The monoisotopic (exact) mass is 267 g/mol. The molecule has 104 valence electrons. The summed E-state index contributed by atoms with van der Waals surface area (Å²) in [7, 11) is 1.70. The second-order valence-electron chi connectivity index (χ2n) is 5.48. The lowest BCUT2D eigenvalue weighted by molar-refractivity contribution is 0.415. The molecular weight excluding hydrogens is 246 g/mol. The second kappa shape index (κ2) is 5.58. The number of benzene rings is 2. The molecule has 0 amide bonds. The van der Waals surface area contributed by atoms with E-state index in [9.17, 15) is 0 Å². The number of ether oxygens (including phenoxy) is 1. The van der Waals surface area contributed by atoms with Crippen LogP contribution in [-0.2, 0) is 12.8 Å². The molecule has 0 fully saturated rings. The van der Waals surface area contributed by atoms with Gasteiger partial charge in [0.05, 0.1) is 7.11 Å². The van der Waals surface area contributed by atoms with Crippen LogP contribution in [0.15, 0.2) is 42.5 Å². The van der Waals surface area contributed by atoms with Crippen molar-refractivity contribution >= 4 is 5.69 Å².